The zero-order chi connectivity index (χ0) is 13.4. The van der Waals surface area contributed by atoms with Crippen LogP contribution in [0.4, 0.5) is 4.39 Å². The van der Waals surface area contributed by atoms with Crippen LogP contribution in [0, 0.1) is 5.82 Å². The molecule has 0 amide bonds. The van der Waals surface area contributed by atoms with Crippen molar-refractivity contribution in [3.63, 3.8) is 0 Å². The normalized spacial score (nSPS) is 22.9. The summed E-state index contributed by atoms with van der Waals surface area (Å²) in [6, 6.07) is 4.14. The molecule has 2 N–H and O–H groups in total. The van der Waals surface area contributed by atoms with Gasteiger partial charge in [-0.05, 0) is 24.6 Å². The van der Waals surface area contributed by atoms with Gasteiger partial charge in [0.05, 0.1) is 12.1 Å². The standard InChI is InChI=1S/C12H11BrFN3O2/c13-9-2-1-6(14)3-8(9)11-16-12(19-17-11)10-4-7(18)5-15-10/h1-3,7,10,15,18H,4-5H2/t7-,10+/m0/s1. The SMILES string of the molecule is O[C@@H]1CN[C@@H](c2nc(-c3cc(F)ccc3Br)no2)C1. The summed E-state index contributed by atoms with van der Waals surface area (Å²) in [5.74, 6) is 0.367. The van der Waals surface area contributed by atoms with Gasteiger partial charge in [0.25, 0.3) is 0 Å². The Kier molecular flexibility index (Phi) is 3.34. The van der Waals surface area contributed by atoms with E-state index in [1.807, 2.05) is 0 Å². The summed E-state index contributed by atoms with van der Waals surface area (Å²) in [5.41, 5.74) is 0.536. The number of nitrogens with one attached hydrogen (secondary N) is 1. The van der Waals surface area contributed by atoms with Crippen LogP contribution in [0.3, 0.4) is 0 Å². The lowest BCUT2D eigenvalue weighted by Crippen LogP contribution is -2.15. The molecule has 1 fully saturated rings. The number of aliphatic hydroxyl groups excluding tert-OH is 1. The van der Waals surface area contributed by atoms with E-state index in [2.05, 4.69) is 31.4 Å². The highest BCUT2D eigenvalue weighted by atomic mass is 79.9. The van der Waals surface area contributed by atoms with Crippen molar-refractivity contribution >= 4 is 15.9 Å². The number of nitrogens with zero attached hydrogens (tertiary/aromatic N) is 2. The Morgan fingerprint density at radius 3 is 3.05 bits per heavy atom. The minimum absolute atomic E-state index is 0.149. The van der Waals surface area contributed by atoms with Crippen LogP contribution in [-0.2, 0) is 0 Å². The summed E-state index contributed by atoms with van der Waals surface area (Å²) in [7, 11) is 0. The quantitative estimate of drug-likeness (QED) is 0.883. The Morgan fingerprint density at radius 1 is 1.47 bits per heavy atom. The molecule has 1 aromatic carbocycles. The number of hydrogen-bond donors (Lipinski definition) is 2. The summed E-state index contributed by atoms with van der Waals surface area (Å²) >= 11 is 3.33. The third kappa shape index (κ3) is 2.54. The van der Waals surface area contributed by atoms with Crippen molar-refractivity contribution in [2.75, 3.05) is 6.54 Å². The first-order valence-electron chi connectivity index (χ1n) is 5.84. The van der Waals surface area contributed by atoms with Gasteiger partial charge in [-0.1, -0.05) is 21.1 Å². The van der Waals surface area contributed by atoms with E-state index in [0.717, 1.165) is 0 Å². The van der Waals surface area contributed by atoms with Gasteiger partial charge >= 0.3 is 0 Å². The van der Waals surface area contributed by atoms with Crippen molar-refractivity contribution in [2.24, 2.45) is 0 Å². The monoisotopic (exact) mass is 327 g/mol. The molecule has 1 aliphatic rings. The van der Waals surface area contributed by atoms with E-state index in [1.54, 1.807) is 6.07 Å². The first-order valence-corrected chi connectivity index (χ1v) is 6.63. The number of rotatable bonds is 2. The van der Waals surface area contributed by atoms with Gasteiger partial charge in [0.2, 0.25) is 11.7 Å². The van der Waals surface area contributed by atoms with Crippen molar-refractivity contribution in [3.8, 4) is 11.4 Å². The van der Waals surface area contributed by atoms with Crippen molar-refractivity contribution in [1.82, 2.24) is 15.5 Å². The maximum absolute atomic E-state index is 13.2. The number of aromatic nitrogens is 2. The van der Waals surface area contributed by atoms with Crippen molar-refractivity contribution < 1.29 is 14.0 Å². The summed E-state index contributed by atoms with van der Waals surface area (Å²) < 4.78 is 19.1. The van der Waals surface area contributed by atoms with Crippen LogP contribution < -0.4 is 5.32 Å². The molecule has 3 rings (SSSR count). The highest BCUT2D eigenvalue weighted by molar-refractivity contribution is 9.10. The molecule has 5 nitrogen and oxygen atoms in total. The highest BCUT2D eigenvalue weighted by Crippen LogP contribution is 2.29. The Bertz CT molecular complexity index is 604. The first kappa shape index (κ1) is 12.7. The van der Waals surface area contributed by atoms with Crippen LogP contribution in [0.5, 0.6) is 0 Å². The number of halogens is 2. The molecule has 7 heteroatoms. The molecule has 0 aliphatic carbocycles. The van der Waals surface area contributed by atoms with Crippen LogP contribution in [0.15, 0.2) is 27.2 Å². The Hall–Kier alpha value is -1.31. The van der Waals surface area contributed by atoms with E-state index in [0.29, 0.717) is 34.7 Å². The molecule has 2 atom stereocenters. The van der Waals surface area contributed by atoms with Crippen LogP contribution in [0.1, 0.15) is 18.4 Å². The second-order valence-electron chi connectivity index (χ2n) is 4.43. The number of benzene rings is 1. The van der Waals surface area contributed by atoms with E-state index in [-0.39, 0.29) is 11.9 Å². The number of β-amino-alcohol motifs (C(OH)–C–C–N with tert-alkyl or cyclic N) is 1. The van der Waals surface area contributed by atoms with Crippen molar-refractivity contribution in [3.05, 3.63) is 34.4 Å². The molecule has 0 spiro atoms. The van der Waals surface area contributed by atoms with Crippen LogP contribution >= 0.6 is 15.9 Å². The topological polar surface area (TPSA) is 71.2 Å². The van der Waals surface area contributed by atoms with Crippen LogP contribution in [0.25, 0.3) is 11.4 Å². The molecular formula is C12H11BrFN3O2. The van der Waals surface area contributed by atoms with Crippen molar-refractivity contribution in [2.45, 2.75) is 18.6 Å². The molecule has 100 valence electrons. The maximum Gasteiger partial charge on any atom is 0.244 e. The highest BCUT2D eigenvalue weighted by Gasteiger charge is 2.28. The Balaban J connectivity index is 1.90. The van der Waals surface area contributed by atoms with Crippen LogP contribution in [-0.4, -0.2) is 27.9 Å². The predicted molar refractivity (Wildman–Crippen MR) is 68.8 cm³/mol. The van der Waals surface area contributed by atoms with Gasteiger partial charge in [-0.2, -0.15) is 4.98 Å². The zero-order valence-corrected chi connectivity index (χ0v) is 11.4. The molecule has 1 saturated heterocycles. The minimum Gasteiger partial charge on any atom is -0.392 e. The fourth-order valence-corrected chi connectivity index (χ4v) is 2.48. The van der Waals surface area contributed by atoms with Crippen LogP contribution in [0.2, 0.25) is 0 Å². The van der Waals surface area contributed by atoms with Gasteiger partial charge in [0, 0.05) is 16.6 Å². The van der Waals surface area contributed by atoms with Gasteiger partial charge < -0.3 is 14.9 Å². The summed E-state index contributed by atoms with van der Waals surface area (Å²) in [6.45, 7) is 0.506. The lowest BCUT2D eigenvalue weighted by Gasteiger charge is -2.02. The van der Waals surface area contributed by atoms with Gasteiger partial charge in [0.1, 0.15) is 5.82 Å². The molecule has 0 unspecified atom stereocenters. The van der Waals surface area contributed by atoms with Gasteiger partial charge in [-0.25, -0.2) is 4.39 Å². The van der Waals surface area contributed by atoms with Gasteiger partial charge in [-0.15, -0.1) is 0 Å². The Labute approximate surface area is 117 Å². The van der Waals surface area contributed by atoms with E-state index >= 15 is 0 Å². The third-order valence-corrected chi connectivity index (χ3v) is 3.71. The fraction of sp³-hybridized carbons (Fsp3) is 0.333. The molecule has 1 aromatic heterocycles. The average Bonchev–Trinajstić information content (AvgIpc) is 3.00. The molecule has 19 heavy (non-hydrogen) atoms. The Morgan fingerprint density at radius 2 is 2.32 bits per heavy atom. The lowest BCUT2D eigenvalue weighted by molar-refractivity contribution is 0.191. The third-order valence-electron chi connectivity index (χ3n) is 3.02. The van der Waals surface area contributed by atoms with E-state index in [4.69, 9.17) is 4.52 Å². The molecule has 2 aromatic rings. The predicted octanol–water partition coefficient (Wildman–Crippen LogP) is 2.03. The first-order chi connectivity index (χ1) is 9.13. The second-order valence-corrected chi connectivity index (χ2v) is 5.29. The van der Waals surface area contributed by atoms with E-state index < -0.39 is 6.10 Å². The minimum atomic E-state index is -0.402. The van der Waals surface area contributed by atoms with Gasteiger partial charge in [0.15, 0.2) is 0 Å². The smallest absolute Gasteiger partial charge is 0.244 e. The molecular weight excluding hydrogens is 317 g/mol. The lowest BCUT2D eigenvalue weighted by atomic mass is 10.2. The number of hydrogen-bond acceptors (Lipinski definition) is 5. The summed E-state index contributed by atoms with van der Waals surface area (Å²) in [5, 5.41) is 16.4. The molecule has 2 heterocycles. The summed E-state index contributed by atoms with van der Waals surface area (Å²) in [4.78, 5) is 4.25. The molecule has 1 aliphatic heterocycles. The largest absolute Gasteiger partial charge is 0.392 e. The summed E-state index contributed by atoms with van der Waals surface area (Å²) in [6.07, 6.45) is 0.132. The van der Waals surface area contributed by atoms with Crippen molar-refractivity contribution in [1.29, 1.82) is 0 Å². The number of aliphatic hydroxyl groups is 1. The molecule has 0 radical (unpaired) electrons. The average molecular weight is 328 g/mol. The second kappa shape index (κ2) is 4.99. The van der Waals surface area contributed by atoms with E-state index in [9.17, 15) is 9.50 Å². The van der Waals surface area contributed by atoms with Gasteiger partial charge in [-0.3, -0.25) is 0 Å². The maximum atomic E-state index is 13.2. The zero-order valence-electron chi connectivity index (χ0n) is 9.81. The van der Waals surface area contributed by atoms with E-state index in [1.165, 1.54) is 12.1 Å². The molecule has 0 saturated carbocycles. The molecule has 0 bridgehead atoms. The fourth-order valence-electron chi connectivity index (χ4n) is 2.06.